The van der Waals surface area contributed by atoms with Gasteiger partial charge < -0.3 is 38.6 Å². The normalized spacial score (nSPS) is 18.2. The van der Waals surface area contributed by atoms with E-state index in [1.807, 2.05) is 24.3 Å². The van der Waals surface area contributed by atoms with Crippen molar-refractivity contribution in [2.45, 2.75) is 37.9 Å². The molecule has 0 amide bonds. The van der Waals surface area contributed by atoms with E-state index in [0.29, 0.717) is 32.3 Å². The van der Waals surface area contributed by atoms with Crippen molar-refractivity contribution in [2.24, 2.45) is 0 Å². The van der Waals surface area contributed by atoms with Gasteiger partial charge in [-0.05, 0) is 66.9 Å². The van der Waals surface area contributed by atoms with E-state index >= 15 is 0 Å². The first-order valence-corrected chi connectivity index (χ1v) is 15.0. The summed E-state index contributed by atoms with van der Waals surface area (Å²) < 4.78 is 34.7. The predicted molar refractivity (Wildman–Crippen MR) is 164 cm³/mol. The minimum atomic E-state index is 0.101. The highest BCUT2D eigenvalue weighted by Crippen LogP contribution is 2.34. The molecule has 0 saturated carbocycles. The van der Waals surface area contributed by atoms with Gasteiger partial charge in [-0.2, -0.15) is 0 Å². The number of rotatable bonds is 15. The molecule has 0 bridgehead atoms. The average molecular weight is 577 g/mol. The van der Waals surface area contributed by atoms with Gasteiger partial charge in [0.1, 0.15) is 29.6 Å². The molecule has 2 aliphatic heterocycles. The fourth-order valence-electron chi connectivity index (χ4n) is 5.57. The Balaban J connectivity index is 1.10. The summed E-state index contributed by atoms with van der Waals surface area (Å²) in [6, 6.07) is 22.6. The second-order valence-corrected chi connectivity index (χ2v) is 10.7. The van der Waals surface area contributed by atoms with E-state index < -0.39 is 0 Å². The Morgan fingerprint density at radius 1 is 0.881 bits per heavy atom. The fourth-order valence-corrected chi connectivity index (χ4v) is 5.57. The molecule has 42 heavy (non-hydrogen) atoms. The monoisotopic (exact) mass is 576 g/mol. The van der Waals surface area contributed by atoms with E-state index in [-0.39, 0.29) is 6.10 Å². The molecule has 226 valence electrons. The smallest absolute Gasteiger partial charge is 0.142 e. The van der Waals surface area contributed by atoms with Crippen LogP contribution in [-0.2, 0) is 16.1 Å². The van der Waals surface area contributed by atoms with Gasteiger partial charge in [0, 0.05) is 45.2 Å². The summed E-state index contributed by atoms with van der Waals surface area (Å²) in [7, 11) is 3.41. The van der Waals surface area contributed by atoms with Crippen molar-refractivity contribution >= 4 is 5.69 Å². The predicted octanol–water partition coefficient (Wildman–Crippen LogP) is 5.44. The quantitative estimate of drug-likeness (QED) is 0.240. The van der Waals surface area contributed by atoms with Gasteiger partial charge in [0.05, 0.1) is 45.3 Å². The van der Waals surface area contributed by atoms with Crippen molar-refractivity contribution in [3.05, 3.63) is 77.9 Å². The van der Waals surface area contributed by atoms with Crippen molar-refractivity contribution in [2.75, 3.05) is 71.7 Å². The average Bonchev–Trinajstić information content (AvgIpc) is 3.04. The number of benzene rings is 3. The molecule has 0 radical (unpaired) electrons. The second kappa shape index (κ2) is 15.7. The van der Waals surface area contributed by atoms with E-state index in [1.54, 1.807) is 14.2 Å². The minimum absolute atomic E-state index is 0.101. The van der Waals surface area contributed by atoms with Crippen LogP contribution in [0.1, 0.15) is 36.3 Å². The third kappa shape index (κ3) is 8.31. The molecule has 0 aliphatic carbocycles. The van der Waals surface area contributed by atoms with Gasteiger partial charge in [-0.3, -0.25) is 0 Å². The van der Waals surface area contributed by atoms with Gasteiger partial charge in [-0.25, -0.2) is 0 Å². The van der Waals surface area contributed by atoms with Gasteiger partial charge in [0.15, 0.2) is 0 Å². The molecular weight excluding hydrogens is 532 g/mol. The molecular formula is C34H44N2O6. The number of fused-ring (bicyclic) bond motifs is 1. The van der Waals surface area contributed by atoms with Crippen LogP contribution in [-0.4, -0.2) is 72.9 Å². The van der Waals surface area contributed by atoms with E-state index in [1.165, 1.54) is 11.1 Å². The standard InChI is InChI=1S/C34H44N2O6/c1-37-18-4-16-36-17-21-41-33-13-8-26(22-32(33)36)25-42-34-24-35-15-14-31(34)27-9-11-28(12-10-27)39-19-5-20-40-30-7-3-6-29(23-30)38-2/h3,6-13,22-23,31,34-35H,4-5,14-21,24-25H2,1-2H3/t31-,34-/m1/s1. The zero-order valence-electron chi connectivity index (χ0n) is 24.9. The van der Waals surface area contributed by atoms with Crippen LogP contribution in [0.2, 0.25) is 0 Å². The number of nitrogens with one attached hydrogen (secondary N) is 1. The topological polar surface area (TPSA) is 70.7 Å². The fraction of sp³-hybridized carbons (Fsp3) is 0.471. The van der Waals surface area contributed by atoms with Crippen LogP contribution in [0.3, 0.4) is 0 Å². The first-order chi connectivity index (χ1) is 20.7. The molecule has 5 rings (SSSR count). The molecule has 2 aliphatic rings. The van der Waals surface area contributed by atoms with Gasteiger partial charge >= 0.3 is 0 Å². The maximum absolute atomic E-state index is 6.54. The zero-order valence-corrected chi connectivity index (χ0v) is 24.9. The van der Waals surface area contributed by atoms with E-state index in [4.69, 9.17) is 28.4 Å². The lowest BCUT2D eigenvalue weighted by molar-refractivity contribution is 0.0106. The second-order valence-electron chi connectivity index (χ2n) is 10.7. The Labute approximate surface area is 249 Å². The summed E-state index contributed by atoms with van der Waals surface area (Å²) in [4.78, 5) is 2.39. The number of piperidine rings is 1. The van der Waals surface area contributed by atoms with Crippen LogP contribution < -0.4 is 29.2 Å². The van der Waals surface area contributed by atoms with Crippen LogP contribution in [0, 0.1) is 0 Å². The number of hydrogen-bond acceptors (Lipinski definition) is 8. The molecule has 0 aromatic heterocycles. The molecule has 1 saturated heterocycles. The summed E-state index contributed by atoms with van der Waals surface area (Å²) in [5.74, 6) is 3.75. The number of hydrogen-bond donors (Lipinski definition) is 1. The molecule has 0 spiro atoms. The Kier molecular flexibility index (Phi) is 11.2. The molecule has 3 aromatic rings. The summed E-state index contributed by atoms with van der Waals surface area (Å²) in [5.41, 5.74) is 3.61. The lowest BCUT2D eigenvalue weighted by Crippen LogP contribution is -2.41. The highest BCUT2D eigenvalue weighted by Gasteiger charge is 2.27. The van der Waals surface area contributed by atoms with Crippen LogP contribution >= 0.6 is 0 Å². The number of nitrogens with zero attached hydrogens (tertiary/aromatic N) is 1. The summed E-state index contributed by atoms with van der Waals surface area (Å²) >= 11 is 0. The van der Waals surface area contributed by atoms with Crippen LogP contribution in [0.4, 0.5) is 5.69 Å². The van der Waals surface area contributed by atoms with Crippen LogP contribution in [0.5, 0.6) is 23.0 Å². The van der Waals surface area contributed by atoms with Gasteiger partial charge in [-0.15, -0.1) is 0 Å². The Bertz CT molecular complexity index is 1240. The van der Waals surface area contributed by atoms with Crippen molar-refractivity contribution in [1.29, 1.82) is 0 Å². The van der Waals surface area contributed by atoms with Crippen molar-refractivity contribution in [1.82, 2.24) is 5.32 Å². The molecule has 0 unspecified atom stereocenters. The zero-order chi connectivity index (χ0) is 29.0. The van der Waals surface area contributed by atoms with Crippen LogP contribution in [0.25, 0.3) is 0 Å². The SMILES string of the molecule is COCCCN1CCOc2ccc(CO[C@@H]3CNCC[C@@H]3c3ccc(OCCCOc4cccc(OC)c4)cc3)cc21. The van der Waals surface area contributed by atoms with Crippen molar-refractivity contribution in [3.8, 4) is 23.0 Å². The molecule has 3 aromatic carbocycles. The van der Waals surface area contributed by atoms with E-state index in [0.717, 1.165) is 80.7 Å². The molecule has 2 atom stereocenters. The third-order valence-corrected chi connectivity index (χ3v) is 7.83. The Morgan fingerprint density at radius 2 is 1.71 bits per heavy atom. The molecule has 8 heteroatoms. The summed E-state index contributed by atoms with van der Waals surface area (Å²) in [5, 5.41) is 3.52. The number of anilines is 1. The van der Waals surface area contributed by atoms with E-state index in [2.05, 4.69) is 52.7 Å². The van der Waals surface area contributed by atoms with Gasteiger partial charge in [0.25, 0.3) is 0 Å². The van der Waals surface area contributed by atoms with Gasteiger partial charge in [0.2, 0.25) is 0 Å². The third-order valence-electron chi connectivity index (χ3n) is 7.83. The molecule has 2 heterocycles. The van der Waals surface area contributed by atoms with Crippen molar-refractivity contribution in [3.63, 3.8) is 0 Å². The first kappa shape index (κ1) is 30.0. The Hall–Kier alpha value is -3.46. The maximum atomic E-state index is 6.54. The highest BCUT2D eigenvalue weighted by atomic mass is 16.5. The van der Waals surface area contributed by atoms with E-state index in [9.17, 15) is 0 Å². The Morgan fingerprint density at radius 3 is 2.55 bits per heavy atom. The summed E-state index contributed by atoms with van der Waals surface area (Å²) in [6.07, 6.45) is 2.93. The maximum Gasteiger partial charge on any atom is 0.142 e. The highest BCUT2D eigenvalue weighted by molar-refractivity contribution is 5.61. The number of methoxy groups -OCH3 is 2. The number of ether oxygens (including phenoxy) is 6. The van der Waals surface area contributed by atoms with Gasteiger partial charge in [-0.1, -0.05) is 24.3 Å². The lowest BCUT2D eigenvalue weighted by atomic mass is 9.87. The van der Waals surface area contributed by atoms with Crippen LogP contribution in [0.15, 0.2) is 66.7 Å². The lowest BCUT2D eigenvalue weighted by Gasteiger charge is -2.33. The minimum Gasteiger partial charge on any atom is -0.497 e. The molecule has 1 N–H and O–H groups in total. The largest absolute Gasteiger partial charge is 0.497 e. The first-order valence-electron chi connectivity index (χ1n) is 15.0. The molecule has 8 nitrogen and oxygen atoms in total. The van der Waals surface area contributed by atoms with Crippen molar-refractivity contribution < 1.29 is 28.4 Å². The molecule has 1 fully saturated rings. The summed E-state index contributed by atoms with van der Waals surface area (Å²) in [6.45, 7) is 6.91.